The first-order chi connectivity index (χ1) is 35.9. The Morgan fingerprint density at radius 3 is 1.23 bits per heavy atom. The number of rotatable bonds is 9. The molecule has 0 bridgehead atoms. The maximum atomic E-state index is 14.0. The van der Waals surface area contributed by atoms with Gasteiger partial charge in [0.05, 0.1) is 27.0 Å². The lowest BCUT2D eigenvalue weighted by atomic mass is 9.83. The molecule has 2 heterocycles. The van der Waals surface area contributed by atoms with Crippen LogP contribution in [0.4, 0.5) is 0 Å². The molecule has 1 aromatic heterocycles. The number of carbonyl (C=O) groups excluding carboxylic acids is 3. The Balaban J connectivity index is 1.65. The van der Waals surface area contributed by atoms with E-state index in [2.05, 4.69) is 147 Å². The van der Waals surface area contributed by atoms with E-state index in [1.165, 1.54) is 0 Å². The van der Waals surface area contributed by atoms with Gasteiger partial charge in [-0.1, -0.05) is 147 Å². The van der Waals surface area contributed by atoms with Crippen molar-refractivity contribution in [3.05, 3.63) is 70.8 Å². The van der Waals surface area contributed by atoms with Gasteiger partial charge in [-0.25, -0.2) is 4.79 Å². The van der Waals surface area contributed by atoms with Crippen LogP contribution < -0.4 is 28.9 Å². The molecule has 1 aliphatic carbocycles. The van der Waals surface area contributed by atoms with E-state index in [1.54, 1.807) is 0 Å². The fourth-order valence-corrected chi connectivity index (χ4v) is 15.3. The van der Waals surface area contributed by atoms with Crippen molar-refractivity contribution >= 4 is 83.2 Å². The van der Waals surface area contributed by atoms with Crippen LogP contribution in [0.2, 0.25) is 39.3 Å². The number of fused-ring (bicyclic) bond motifs is 3. The molecule has 79 heavy (non-hydrogen) atoms. The third-order valence-corrected chi connectivity index (χ3v) is 21.0. The van der Waals surface area contributed by atoms with E-state index in [9.17, 15) is 14.4 Å². The molecule has 0 radical (unpaired) electrons. The topological polar surface area (TPSA) is 133 Å². The quantitative estimate of drug-likeness (QED) is 0.0604. The Bertz CT molecular complexity index is 3110. The third kappa shape index (κ3) is 13.8. The Morgan fingerprint density at radius 2 is 0.886 bits per heavy atom. The molecule has 2 fully saturated rings. The van der Waals surface area contributed by atoms with Crippen LogP contribution in [0.25, 0.3) is 33.1 Å². The maximum absolute atomic E-state index is 14.0. The van der Waals surface area contributed by atoms with Gasteiger partial charge in [-0.2, -0.15) is 0 Å². The summed E-state index contributed by atoms with van der Waals surface area (Å²) in [7, 11) is -9.20. The molecule has 1 unspecified atom stereocenters. The average Bonchev–Trinajstić information content (AvgIpc) is 3.66. The standard InChI is InChI=1S/C64H92O11P2Si2/c1-58(2,3)39-31-43(44-32-40(59(4,5)6)34-50(79(22,23)24)54(44)73-77-74-57(67)64(75-77)29-27-25-26-28-30-64)53(49(33-39)78(19,20)21)72-76-70-51-45(35-41(37-47(51)60(7,8)9)68-55(65)62(13,14)15)46-36-42(69-56(66)63(16,17)18)38-48(52(46)71-76)61(10,11)12/h31-38H,25-30H2,1-24H3. The van der Waals surface area contributed by atoms with Gasteiger partial charge in [-0.3, -0.25) is 14.1 Å². The van der Waals surface area contributed by atoms with Crippen LogP contribution in [0.3, 0.4) is 0 Å². The molecule has 5 aromatic rings. The van der Waals surface area contributed by atoms with Crippen molar-refractivity contribution in [2.45, 2.75) is 230 Å². The molecular weight excluding hydrogens is 1060 g/mol. The van der Waals surface area contributed by atoms with Gasteiger partial charge in [0.1, 0.15) is 34.2 Å². The van der Waals surface area contributed by atoms with Crippen molar-refractivity contribution in [3.8, 4) is 34.1 Å². The van der Waals surface area contributed by atoms with Gasteiger partial charge < -0.3 is 31.4 Å². The second-order valence-corrected chi connectivity index (χ2v) is 42.5. The molecule has 1 aliphatic heterocycles. The summed E-state index contributed by atoms with van der Waals surface area (Å²) in [6, 6.07) is 16.5. The molecule has 2 aliphatic rings. The Hall–Kier alpha value is -4.39. The molecule has 432 valence electrons. The SMILES string of the molecule is CC(C)(C)C(=O)Oc1cc(C(C)(C)C)c2op(Oc3c(-c4cc(C(C)(C)C)cc([Si](C)(C)C)c4OP4OC(=O)C5(CCCCCC5)O4)cc(C(C)(C)C)cc3[Si](C)(C)C)oc3c(C(C)(C)C)cc(OC(=O)C(C)(C)C)cc3c2c1. The Labute approximate surface area is 476 Å². The fraction of sp³-hybridized carbons (Fsp3) is 0.578. The number of benzene rings is 4. The maximum Gasteiger partial charge on any atom is 0.466 e. The van der Waals surface area contributed by atoms with Crippen molar-refractivity contribution in [3.63, 3.8) is 0 Å². The van der Waals surface area contributed by atoms with Gasteiger partial charge in [0.25, 0.3) is 0 Å². The highest BCUT2D eigenvalue weighted by atomic mass is 31.2. The Morgan fingerprint density at radius 1 is 0.506 bits per heavy atom. The van der Waals surface area contributed by atoms with E-state index < -0.39 is 72.2 Å². The van der Waals surface area contributed by atoms with E-state index in [0.29, 0.717) is 57.8 Å². The van der Waals surface area contributed by atoms with Crippen molar-refractivity contribution in [2.75, 3.05) is 0 Å². The van der Waals surface area contributed by atoms with Crippen LogP contribution in [0.5, 0.6) is 23.0 Å². The summed E-state index contributed by atoms with van der Waals surface area (Å²) in [4.78, 5) is 41.5. The lowest BCUT2D eigenvalue weighted by Crippen LogP contribution is -2.40. The predicted molar refractivity (Wildman–Crippen MR) is 330 cm³/mol. The zero-order valence-electron chi connectivity index (χ0n) is 52.2. The van der Waals surface area contributed by atoms with Gasteiger partial charge in [0.2, 0.25) is 0 Å². The first-order valence-electron chi connectivity index (χ1n) is 28.3. The highest BCUT2D eigenvalue weighted by molar-refractivity contribution is 7.43. The lowest BCUT2D eigenvalue weighted by Gasteiger charge is -2.31. The molecule has 0 N–H and O–H groups in total. The largest absolute Gasteiger partial charge is 0.466 e. The number of hydrogen-bond acceptors (Lipinski definition) is 11. The fourth-order valence-electron chi connectivity index (χ4n) is 9.72. The van der Waals surface area contributed by atoms with Crippen LogP contribution >= 0.6 is 16.8 Å². The average molecular weight is 1160 g/mol. The van der Waals surface area contributed by atoms with Crippen molar-refractivity contribution < 1.29 is 50.3 Å². The zero-order chi connectivity index (χ0) is 59.2. The first kappa shape index (κ1) is 62.2. The normalized spacial score (nSPS) is 17.0. The first-order valence-corrected chi connectivity index (χ1v) is 37.5. The monoisotopic (exact) mass is 1150 g/mol. The predicted octanol–water partition coefficient (Wildman–Crippen LogP) is 18.3. The summed E-state index contributed by atoms with van der Waals surface area (Å²) in [5, 5.41) is 3.32. The minimum atomic E-state index is -2.39. The van der Waals surface area contributed by atoms with Gasteiger partial charge in [-0.05, 0) is 147 Å². The van der Waals surface area contributed by atoms with E-state index in [1.807, 2.05) is 65.8 Å². The summed E-state index contributed by atoms with van der Waals surface area (Å²) in [6.45, 7) is 50.9. The zero-order valence-corrected chi connectivity index (χ0v) is 56.0. The van der Waals surface area contributed by atoms with Crippen molar-refractivity contribution in [2.24, 2.45) is 10.8 Å². The molecule has 0 amide bonds. The molecule has 15 heteroatoms. The minimum absolute atomic E-state index is 0.282. The highest BCUT2D eigenvalue weighted by Gasteiger charge is 2.53. The second kappa shape index (κ2) is 21.4. The van der Waals surface area contributed by atoms with Crippen molar-refractivity contribution in [1.82, 2.24) is 0 Å². The summed E-state index contributed by atoms with van der Waals surface area (Å²) < 4.78 is 55.2. The van der Waals surface area contributed by atoms with Crippen molar-refractivity contribution in [1.29, 1.82) is 0 Å². The van der Waals surface area contributed by atoms with Gasteiger partial charge in [-0.15, -0.1) is 0 Å². The van der Waals surface area contributed by atoms with Crippen LogP contribution in [0, 0.1) is 10.8 Å². The number of hydrogen-bond donors (Lipinski definition) is 0. The van der Waals surface area contributed by atoms with Gasteiger partial charge in [0.15, 0.2) is 5.60 Å². The van der Waals surface area contributed by atoms with E-state index in [-0.39, 0.29) is 16.8 Å². The van der Waals surface area contributed by atoms with Crippen LogP contribution in [-0.4, -0.2) is 39.7 Å². The minimum Gasteiger partial charge on any atom is -0.426 e. The van der Waals surface area contributed by atoms with E-state index >= 15 is 0 Å². The number of carbonyl (C=O) groups is 3. The summed E-state index contributed by atoms with van der Waals surface area (Å²) in [6.07, 6.45) is 5.08. The summed E-state index contributed by atoms with van der Waals surface area (Å²) >= 11 is 0. The smallest absolute Gasteiger partial charge is 0.426 e. The molecule has 4 aromatic carbocycles. The molecule has 11 nitrogen and oxygen atoms in total. The third-order valence-electron chi connectivity index (χ3n) is 14.8. The van der Waals surface area contributed by atoms with E-state index in [4.69, 9.17) is 36.0 Å². The van der Waals surface area contributed by atoms with Crippen LogP contribution in [-0.2, 0) is 45.1 Å². The molecule has 1 saturated heterocycles. The molecule has 1 saturated carbocycles. The summed E-state index contributed by atoms with van der Waals surface area (Å²) in [5.74, 6) is 0.797. The van der Waals surface area contributed by atoms with Gasteiger partial charge >= 0.3 is 34.8 Å². The molecule has 1 atom stereocenters. The Kier molecular flexibility index (Phi) is 16.9. The number of ether oxygens (including phenoxy) is 2. The lowest BCUT2D eigenvalue weighted by molar-refractivity contribution is -0.144. The molecular formula is C64H92O11P2Si2. The number of esters is 2. The second-order valence-electron chi connectivity index (χ2n) is 30.5. The molecule has 1 spiro atoms. The van der Waals surface area contributed by atoms with E-state index in [0.717, 1.165) is 69.4 Å². The van der Waals surface area contributed by atoms with Crippen LogP contribution in [0.15, 0.2) is 56.9 Å². The van der Waals surface area contributed by atoms with Gasteiger partial charge in [0, 0.05) is 33.0 Å². The molecule has 7 rings (SSSR count). The summed E-state index contributed by atoms with van der Waals surface area (Å²) in [5.41, 5.74) is 2.01. The van der Waals surface area contributed by atoms with Crippen LogP contribution in [0.1, 0.15) is 185 Å². The highest BCUT2D eigenvalue weighted by Crippen LogP contribution is 2.57.